The summed E-state index contributed by atoms with van der Waals surface area (Å²) in [4.78, 5) is 0. The molecule has 1 aromatic carbocycles. The number of aromatic nitrogens is 4. The normalized spacial score (nSPS) is 10.7. The minimum atomic E-state index is 0.547. The number of nitrogens with two attached hydrogens (primary N) is 1. The average molecular weight is 253 g/mol. The van der Waals surface area contributed by atoms with Gasteiger partial charge in [-0.3, -0.25) is 9.36 Å². The van der Waals surface area contributed by atoms with Crippen LogP contribution in [0.5, 0.6) is 0 Å². The molecule has 96 valence electrons. The van der Waals surface area contributed by atoms with E-state index in [9.17, 15) is 0 Å². The molecular formula is C14H15N5. The Balaban J connectivity index is 1.68. The summed E-state index contributed by atoms with van der Waals surface area (Å²) in [5.74, 6) is 0.547. The van der Waals surface area contributed by atoms with Gasteiger partial charge in [0.25, 0.3) is 0 Å². The van der Waals surface area contributed by atoms with Crippen LogP contribution in [-0.4, -0.2) is 19.6 Å². The molecule has 0 saturated heterocycles. The van der Waals surface area contributed by atoms with Gasteiger partial charge in [-0.2, -0.15) is 10.2 Å². The fourth-order valence-corrected chi connectivity index (χ4v) is 1.97. The third kappa shape index (κ3) is 2.65. The zero-order chi connectivity index (χ0) is 13.1. The van der Waals surface area contributed by atoms with Gasteiger partial charge < -0.3 is 5.73 Å². The first kappa shape index (κ1) is 11.5. The lowest BCUT2D eigenvalue weighted by Gasteiger charge is -2.01. The van der Waals surface area contributed by atoms with Gasteiger partial charge >= 0.3 is 0 Å². The van der Waals surface area contributed by atoms with E-state index in [2.05, 4.69) is 22.3 Å². The lowest BCUT2D eigenvalue weighted by molar-refractivity contribution is 0.501. The number of nitrogens with zero attached hydrogens (tertiary/aromatic N) is 4. The Kier molecular flexibility index (Phi) is 3.02. The van der Waals surface area contributed by atoms with Crippen LogP contribution in [0.1, 0.15) is 0 Å². The van der Waals surface area contributed by atoms with Crippen molar-refractivity contribution in [2.24, 2.45) is 0 Å². The van der Waals surface area contributed by atoms with Crippen molar-refractivity contribution in [1.29, 1.82) is 0 Å². The number of benzene rings is 1. The Morgan fingerprint density at radius 2 is 1.74 bits per heavy atom. The summed E-state index contributed by atoms with van der Waals surface area (Å²) in [7, 11) is 0. The van der Waals surface area contributed by atoms with Crippen LogP contribution < -0.4 is 5.73 Å². The molecule has 0 aliphatic heterocycles. The Bertz CT molecular complexity index is 653. The van der Waals surface area contributed by atoms with Gasteiger partial charge in [-0.25, -0.2) is 0 Å². The van der Waals surface area contributed by atoms with Gasteiger partial charge in [0.1, 0.15) is 5.82 Å². The highest BCUT2D eigenvalue weighted by Gasteiger charge is 2.01. The van der Waals surface area contributed by atoms with E-state index in [1.807, 2.05) is 46.2 Å². The highest BCUT2D eigenvalue weighted by atomic mass is 15.3. The topological polar surface area (TPSA) is 61.7 Å². The maximum absolute atomic E-state index is 5.57. The predicted molar refractivity (Wildman–Crippen MR) is 74.3 cm³/mol. The van der Waals surface area contributed by atoms with E-state index in [-0.39, 0.29) is 0 Å². The van der Waals surface area contributed by atoms with Crippen molar-refractivity contribution < 1.29 is 0 Å². The maximum atomic E-state index is 5.57. The molecule has 0 unspecified atom stereocenters. The summed E-state index contributed by atoms with van der Waals surface area (Å²) >= 11 is 0. The molecule has 0 radical (unpaired) electrons. The van der Waals surface area contributed by atoms with Crippen LogP contribution >= 0.6 is 0 Å². The van der Waals surface area contributed by atoms with Gasteiger partial charge in [0.2, 0.25) is 0 Å². The zero-order valence-corrected chi connectivity index (χ0v) is 10.5. The molecule has 2 N–H and O–H groups in total. The van der Waals surface area contributed by atoms with Gasteiger partial charge in [0.05, 0.1) is 19.3 Å². The molecule has 0 aliphatic rings. The number of hydrogen-bond acceptors (Lipinski definition) is 3. The lowest BCUT2D eigenvalue weighted by Crippen LogP contribution is -2.08. The van der Waals surface area contributed by atoms with Crippen LogP contribution in [0.25, 0.3) is 11.1 Å². The Labute approximate surface area is 111 Å². The summed E-state index contributed by atoms with van der Waals surface area (Å²) in [6, 6.07) is 12.0. The third-order valence-electron chi connectivity index (χ3n) is 2.96. The molecule has 0 saturated carbocycles. The molecule has 2 aromatic heterocycles. The van der Waals surface area contributed by atoms with E-state index >= 15 is 0 Å². The van der Waals surface area contributed by atoms with Gasteiger partial charge in [-0.15, -0.1) is 0 Å². The lowest BCUT2D eigenvalue weighted by atomic mass is 10.1. The molecule has 0 amide bonds. The highest BCUT2D eigenvalue weighted by Crippen LogP contribution is 2.17. The van der Waals surface area contributed by atoms with Crippen molar-refractivity contribution >= 4 is 5.82 Å². The van der Waals surface area contributed by atoms with Crippen molar-refractivity contribution in [2.75, 3.05) is 5.73 Å². The number of nitrogen functional groups attached to an aromatic ring is 1. The van der Waals surface area contributed by atoms with Gasteiger partial charge in [0.15, 0.2) is 0 Å². The summed E-state index contributed by atoms with van der Waals surface area (Å²) in [6.45, 7) is 1.53. The monoisotopic (exact) mass is 253 g/mol. The van der Waals surface area contributed by atoms with Crippen molar-refractivity contribution in [2.45, 2.75) is 13.1 Å². The second-order valence-electron chi connectivity index (χ2n) is 4.36. The fraction of sp³-hybridized carbons (Fsp3) is 0.143. The quantitative estimate of drug-likeness (QED) is 0.773. The van der Waals surface area contributed by atoms with Crippen molar-refractivity contribution in [3.63, 3.8) is 0 Å². The van der Waals surface area contributed by atoms with Crippen molar-refractivity contribution in [3.8, 4) is 11.1 Å². The minimum absolute atomic E-state index is 0.547. The van der Waals surface area contributed by atoms with Crippen LogP contribution in [0.4, 0.5) is 5.82 Å². The molecule has 0 fully saturated rings. The Morgan fingerprint density at radius 3 is 2.47 bits per heavy atom. The van der Waals surface area contributed by atoms with Crippen LogP contribution in [-0.2, 0) is 13.1 Å². The third-order valence-corrected chi connectivity index (χ3v) is 2.96. The largest absolute Gasteiger partial charge is 0.382 e. The summed E-state index contributed by atoms with van der Waals surface area (Å²) in [5, 5.41) is 8.50. The van der Waals surface area contributed by atoms with E-state index in [4.69, 9.17) is 5.73 Å². The van der Waals surface area contributed by atoms with E-state index < -0.39 is 0 Å². The van der Waals surface area contributed by atoms with Gasteiger partial charge in [-0.05, 0) is 11.6 Å². The molecule has 0 bridgehead atoms. The Morgan fingerprint density at radius 1 is 0.947 bits per heavy atom. The first-order valence-corrected chi connectivity index (χ1v) is 6.18. The first-order valence-electron chi connectivity index (χ1n) is 6.18. The van der Waals surface area contributed by atoms with Crippen LogP contribution in [0, 0.1) is 0 Å². The molecule has 0 spiro atoms. The van der Waals surface area contributed by atoms with Crippen molar-refractivity contribution in [1.82, 2.24) is 19.6 Å². The van der Waals surface area contributed by atoms with E-state index in [1.165, 1.54) is 5.56 Å². The molecule has 19 heavy (non-hydrogen) atoms. The maximum Gasteiger partial charge on any atom is 0.145 e. The molecule has 5 nitrogen and oxygen atoms in total. The van der Waals surface area contributed by atoms with Crippen molar-refractivity contribution in [3.05, 3.63) is 55.0 Å². The second-order valence-corrected chi connectivity index (χ2v) is 4.36. The molecular weight excluding hydrogens is 238 g/mol. The van der Waals surface area contributed by atoms with E-state index in [0.29, 0.717) is 5.82 Å². The predicted octanol–water partition coefficient (Wildman–Crippen LogP) is 2.03. The molecule has 0 aliphatic carbocycles. The van der Waals surface area contributed by atoms with Gasteiger partial charge in [0, 0.05) is 18.0 Å². The number of rotatable bonds is 4. The van der Waals surface area contributed by atoms with Crippen LogP contribution in [0.2, 0.25) is 0 Å². The SMILES string of the molecule is Nc1ccn(CCn2cc(-c3ccccc3)cn2)n1. The van der Waals surface area contributed by atoms with Gasteiger partial charge in [-0.1, -0.05) is 30.3 Å². The number of aryl methyl sites for hydroxylation is 2. The van der Waals surface area contributed by atoms with E-state index in [0.717, 1.165) is 18.7 Å². The molecule has 3 rings (SSSR count). The molecule has 0 atom stereocenters. The summed E-state index contributed by atoms with van der Waals surface area (Å²) < 4.78 is 3.74. The Hall–Kier alpha value is -2.56. The summed E-state index contributed by atoms with van der Waals surface area (Å²) in [5.41, 5.74) is 7.88. The first-order chi connectivity index (χ1) is 9.31. The average Bonchev–Trinajstić information content (AvgIpc) is 3.06. The van der Waals surface area contributed by atoms with Crippen LogP contribution in [0.15, 0.2) is 55.0 Å². The molecule has 5 heteroatoms. The minimum Gasteiger partial charge on any atom is -0.382 e. The number of anilines is 1. The van der Waals surface area contributed by atoms with Crippen LogP contribution in [0.3, 0.4) is 0 Å². The zero-order valence-electron chi connectivity index (χ0n) is 10.5. The summed E-state index contributed by atoms with van der Waals surface area (Å²) in [6.07, 6.45) is 5.80. The number of hydrogen-bond donors (Lipinski definition) is 1. The molecule has 3 aromatic rings. The van der Waals surface area contributed by atoms with E-state index in [1.54, 1.807) is 6.07 Å². The second kappa shape index (κ2) is 4.97. The fourth-order valence-electron chi connectivity index (χ4n) is 1.97. The molecule has 2 heterocycles. The smallest absolute Gasteiger partial charge is 0.145 e. The highest BCUT2D eigenvalue weighted by molar-refractivity contribution is 5.61. The standard InChI is InChI=1S/C14H15N5/c15-14-6-7-18(17-14)8-9-19-11-13(10-16-19)12-4-2-1-3-5-12/h1-7,10-11H,8-9H2,(H2,15,17).